The molecule has 0 saturated heterocycles. The summed E-state index contributed by atoms with van der Waals surface area (Å²) < 4.78 is 0. The molecule has 0 bridgehead atoms. The van der Waals surface area contributed by atoms with Crippen LogP contribution in [-0.4, -0.2) is 35.0 Å². The van der Waals surface area contributed by atoms with Gasteiger partial charge in [0.05, 0.1) is 11.8 Å². The topological polar surface area (TPSA) is 57.6 Å². The van der Waals surface area contributed by atoms with Crippen molar-refractivity contribution in [1.29, 1.82) is 0 Å². The standard InChI is InChI=1S/C11H19NO3/c1-4-12(6-7(2)3)10(13)8-5-9(8)11(14)15/h7-9H,4-6H2,1-3H3,(H,14,15). The molecule has 0 aliphatic heterocycles. The average molecular weight is 213 g/mol. The largest absolute Gasteiger partial charge is 0.481 e. The van der Waals surface area contributed by atoms with Crippen LogP contribution in [-0.2, 0) is 9.59 Å². The van der Waals surface area contributed by atoms with Crippen molar-refractivity contribution < 1.29 is 14.7 Å². The fourth-order valence-electron chi connectivity index (χ4n) is 1.79. The number of carbonyl (C=O) groups excluding carboxylic acids is 1. The van der Waals surface area contributed by atoms with Gasteiger partial charge < -0.3 is 10.0 Å². The molecule has 1 rings (SSSR count). The Morgan fingerprint density at radius 2 is 2.00 bits per heavy atom. The highest BCUT2D eigenvalue weighted by atomic mass is 16.4. The molecule has 0 aromatic rings. The van der Waals surface area contributed by atoms with Crippen LogP contribution in [0.5, 0.6) is 0 Å². The molecule has 2 atom stereocenters. The van der Waals surface area contributed by atoms with E-state index in [1.807, 2.05) is 6.92 Å². The number of amides is 1. The quantitative estimate of drug-likeness (QED) is 0.746. The van der Waals surface area contributed by atoms with Crippen LogP contribution < -0.4 is 0 Å². The lowest BCUT2D eigenvalue weighted by Crippen LogP contribution is -2.35. The highest BCUT2D eigenvalue weighted by molar-refractivity contribution is 5.89. The summed E-state index contributed by atoms with van der Waals surface area (Å²) >= 11 is 0. The molecule has 15 heavy (non-hydrogen) atoms. The van der Waals surface area contributed by atoms with E-state index in [4.69, 9.17) is 5.11 Å². The molecule has 1 N–H and O–H groups in total. The van der Waals surface area contributed by atoms with Gasteiger partial charge in [-0.3, -0.25) is 9.59 Å². The van der Waals surface area contributed by atoms with E-state index in [9.17, 15) is 9.59 Å². The second kappa shape index (κ2) is 4.64. The van der Waals surface area contributed by atoms with E-state index in [0.717, 1.165) is 6.54 Å². The van der Waals surface area contributed by atoms with Crippen molar-refractivity contribution in [2.75, 3.05) is 13.1 Å². The molecule has 1 fully saturated rings. The van der Waals surface area contributed by atoms with Crippen LogP contribution in [0.25, 0.3) is 0 Å². The van der Waals surface area contributed by atoms with E-state index in [-0.39, 0.29) is 11.8 Å². The van der Waals surface area contributed by atoms with Crippen LogP contribution in [0.3, 0.4) is 0 Å². The summed E-state index contributed by atoms with van der Waals surface area (Å²) in [7, 11) is 0. The zero-order valence-corrected chi connectivity index (χ0v) is 9.56. The smallest absolute Gasteiger partial charge is 0.307 e. The lowest BCUT2D eigenvalue weighted by atomic mass is 10.2. The first-order valence-corrected chi connectivity index (χ1v) is 5.49. The zero-order chi connectivity index (χ0) is 11.6. The molecule has 1 saturated carbocycles. The lowest BCUT2D eigenvalue weighted by molar-refractivity contribution is -0.142. The van der Waals surface area contributed by atoms with Crippen LogP contribution in [0.1, 0.15) is 27.2 Å². The zero-order valence-electron chi connectivity index (χ0n) is 9.56. The number of hydrogen-bond acceptors (Lipinski definition) is 2. The van der Waals surface area contributed by atoms with Crippen molar-refractivity contribution in [3.05, 3.63) is 0 Å². The molecule has 0 radical (unpaired) electrons. The van der Waals surface area contributed by atoms with Gasteiger partial charge in [0.15, 0.2) is 0 Å². The van der Waals surface area contributed by atoms with Gasteiger partial charge in [-0.05, 0) is 19.3 Å². The summed E-state index contributed by atoms with van der Waals surface area (Å²) in [6.45, 7) is 7.42. The lowest BCUT2D eigenvalue weighted by Gasteiger charge is -2.22. The third kappa shape index (κ3) is 2.94. The first kappa shape index (κ1) is 12.0. The maximum atomic E-state index is 11.8. The Bertz CT molecular complexity index is 263. The van der Waals surface area contributed by atoms with Gasteiger partial charge >= 0.3 is 5.97 Å². The van der Waals surface area contributed by atoms with Gasteiger partial charge in [-0.2, -0.15) is 0 Å². The summed E-state index contributed by atoms with van der Waals surface area (Å²) in [5.74, 6) is -1.09. The Morgan fingerprint density at radius 3 is 2.33 bits per heavy atom. The molecule has 0 heterocycles. The third-order valence-electron chi connectivity index (χ3n) is 2.70. The van der Waals surface area contributed by atoms with Gasteiger partial charge in [-0.25, -0.2) is 0 Å². The van der Waals surface area contributed by atoms with Gasteiger partial charge in [-0.1, -0.05) is 13.8 Å². The summed E-state index contributed by atoms with van der Waals surface area (Å²) in [6.07, 6.45) is 0.517. The first-order chi connectivity index (χ1) is 6.97. The number of aliphatic carboxylic acids is 1. The minimum absolute atomic E-state index is 0.0126. The molecule has 0 aromatic heterocycles. The fraction of sp³-hybridized carbons (Fsp3) is 0.818. The molecule has 1 aliphatic carbocycles. The first-order valence-electron chi connectivity index (χ1n) is 5.49. The summed E-state index contributed by atoms with van der Waals surface area (Å²) in [4.78, 5) is 24.3. The molecule has 2 unspecified atom stereocenters. The minimum Gasteiger partial charge on any atom is -0.481 e. The van der Waals surface area contributed by atoms with Crippen LogP contribution in [0.4, 0.5) is 0 Å². The van der Waals surface area contributed by atoms with Crippen molar-refractivity contribution in [1.82, 2.24) is 4.90 Å². The SMILES string of the molecule is CCN(CC(C)C)C(=O)C1CC1C(=O)O. The Balaban J connectivity index is 2.49. The maximum absolute atomic E-state index is 11.8. The van der Waals surface area contributed by atoms with Gasteiger partial charge in [0, 0.05) is 13.1 Å². The Labute approximate surface area is 90.3 Å². The Kier molecular flexibility index (Phi) is 3.72. The second-order valence-electron chi connectivity index (χ2n) is 4.56. The molecule has 86 valence electrons. The maximum Gasteiger partial charge on any atom is 0.307 e. The molecule has 4 heteroatoms. The van der Waals surface area contributed by atoms with Crippen molar-refractivity contribution in [3.63, 3.8) is 0 Å². The fourth-order valence-corrected chi connectivity index (χ4v) is 1.79. The summed E-state index contributed by atoms with van der Waals surface area (Å²) in [6, 6.07) is 0. The molecular formula is C11H19NO3. The van der Waals surface area contributed by atoms with Gasteiger partial charge in [-0.15, -0.1) is 0 Å². The molecule has 0 spiro atoms. The number of carbonyl (C=O) groups is 2. The molecule has 4 nitrogen and oxygen atoms in total. The number of hydrogen-bond donors (Lipinski definition) is 1. The van der Waals surface area contributed by atoms with Crippen molar-refractivity contribution in [2.24, 2.45) is 17.8 Å². The van der Waals surface area contributed by atoms with E-state index in [1.54, 1.807) is 4.90 Å². The third-order valence-corrected chi connectivity index (χ3v) is 2.70. The molecular weight excluding hydrogens is 194 g/mol. The highest BCUT2D eigenvalue weighted by Gasteiger charge is 2.49. The number of carboxylic acids is 1. The monoisotopic (exact) mass is 213 g/mol. The van der Waals surface area contributed by atoms with Crippen molar-refractivity contribution in [3.8, 4) is 0 Å². The van der Waals surface area contributed by atoms with E-state index in [0.29, 0.717) is 18.9 Å². The molecule has 1 aliphatic rings. The number of rotatable bonds is 5. The second-order valence-corrected chi connectivity index (χ2v) is 4.56. The van der Waals surface area contributed by atoms with E-state index in [1.165, 1.54) is 0 Å². The predicted molar refractivity (Wildman–Crippen MR) is 56.3 cm³/mol. The van der Waals surface area contributed by atoms with E-state index in [2.05, 4.69) is 13.8 Å². The Morgan fingerprint density at radius 1 is 1.40 bits per heavy atom. The Hall–Kier alpha value is -1.06. The molecule has 0 aromatic carbocycles. The summed E-state index contributed by atoms with van der Waals surface area (Å²) in [5, 5.41) is 8.74. The predicted octanol–water partition coefficient (Wildman–Crippen LogP) is 1.21. The van der Waals surface area contributed by atoms with Crippen LogP contribution in [0.15, 0.2) is 0 Å². The number of nitrogens with zero attached hydrogens (tertiary/aromatic N) is 1. The van der Waals surface area contributed by atoms with E-state index >= 15 is 0 Å². The average Bonchev–Trinajstić information content (AvgIpc) is 2.92. The van der Waals surface area contributed by atoms with Crippen LogP contribution in [0.2, 0.25) is 0 Å². The summed E-state index contributed by atoms with van der Waals surface area (Å²) in [5.41, 5.74) is 0. The van der Waals surface area contributed by atoms with E-state index < -0.39 is 11.9 Å². The molecule has 1 amide bonds. The van der Waals surface area contributed by atoms with Crippen LogP contribution in [0, 0.1) is 17.8 Å². The van der Waals surface area contributed by atoms with Crippen LogP contribution >= 0.6 is 0 Å². The number of carboxylic acid groups (broad SMARTS) is 1. The highest BCUT2D eigenvalue weighted by Crippen LogP contribution is 2.40. The van der Waals surface area contributed by atoms with Crippen molar-refractivity contribution in [2.45, 2.75) is 27.2 Å². The minimum atomic E-state index is -0.839. The van der Waals surface area contributed by atoms with Gasteiger partial charge in [0.2, 0.25) is 5.91 Å². The van der Waals surface area contributed by atoms with Gasteiger partial charge in [0.25, 0.3) is 0 Å². The van der Waals surface area contributed by atoms with Gasteiger partial charge in [0.1, 0.15) is 0 Å². The normalized spacial score (nSPS) is 24.0. The van der Waals surface area contributed by atoms with Crippen molar-refractivity contribution >= 4 is 11.9 Å².